The van der Waals surface area contributed by atoms with E-state index in [0.717, 1.165) is 26.2 Å². The van der Waals surface area contributed by atoms with E-state index in [0.29, 0.717) is 5.56 Å². The molecule has 5 nitrogen and oxygen atoms in total. The van der Waals surface area contributed by atoms with Crippen molar-refractivity contribution >= 4 is 11.8 Å². The van der Waals surface area contributed by atoms with Crippen molar-refractivity contribution in [3.8, 4) is 0 Å². The van der Waals surface area contributed by atoms with Crippen molar-refractivity contribution in [1.82, 2.24) is 10.2 Å². The molecule has 1 fully saturated rings. The Morgan fingerprint density at radius 1 is 1.17 bits per heavy atom. The summed E-state index contributed by atoms with van der Waals surface area (Å²) in [7, 11) is 0. The molecule has 1 atom stereocenters. The van der Waals surface area contributed by atoms with E-state index in [1.165, 1.54) is 13.0 Å². The minimum absolute atomic E-state index is 0.0461. The minimum atomic E-state index is -0.467. The van der Waals surface area contributed by atoms with Crippen molar-refractivity contribution in [1.29, 1.82) is 0 Å². The number of nitrogens with zero attached hydrogens (tertiary/aromatic N) is 1. The predicted octanol–water partition coefficient (Wildman–Crippen LogP) is 0.578. The van der Waals surface area contributed by atoms with E-state index in [1.54, 1.807) is 17.0 Å². The van der Waals surface area contributed by atoms with Crippen molar-refractivity contribution < 1.29 is 14.5 Å². The van der Waals surface area contributed by atoms with Crippen LogP contribution in [0.5, 0.6) is 0 Å². The third-order valence-electron chi connectivity index (χ3n) is 4.64. The highest BCUT2D eigenvalue weighted by atomic mass is 16.2. The largest absolute Gasteiger partial charge is 0.340 e. The Bertz CT molecular complexity index is 537. The second kappa shape index (κ2) is 8.83. The number of benzene rings is 1. The lowest BCUT2D eigenvalue weighted by Crippen LogP contribution is -3.14. The van der Waals surface area contributed by atoms with Crippen LogP contribution >= 0.6 is 0 Å². The highest BCUT2D eigenvalue weighted by molar-refractivity contribution is 5.97. The standard InChI is InChI=1S/C19H29N3O2/c1-4-10-21-11-13-22(14-12-21)19(24)17(15(2)3)20-18(23)16-8-6-5-7-9-16/h5-9,15,17H,4,10-14H2,1-3H3,(H,20,23)/p+1/t17-/m0/s1. The third kappa shape index (κ3) is 4.81. The highest BCUT2D eigenvalue weighted by Gasteiger charge is 2.31. The molecule has 1 aromatic rings. The Balaban J connectivity index is 1.97. The second-order valence-corrected chi connectivity index (χ2v) is 6.89. The summed E-state index contributed by atoms with van der Waals surface area (Å²) >= 11 is 0. The molecule has 1 aliphatic rings. The summed E-state index contributed by atoms with van der Waals surface area (Å²) in [6, 6.07) is 8.60. The molecular formula is C19H30N3O2+. The Kier molecular flexibility index (Phi) is 6.79. The number of piperazine rings is 1. The van der Waals surface area contributed by atoms with Crippen molar-refractivity contribution in [2.45, 2.75) is 33.2 Å². The van der Waals surface area contributed by atoms with Gasteiger partial charge >= 0.3 is 0 Å². The van der Waals surface area contributed by atoms with E-state index >= 15 is 0 Å². The van der Waals surface area contributed by atoms with E-state index in [4.69, 9.17) is 0 Å². The molecule has 2 N–H and O–H groups in total. The molecule has 1 aliphatic heterocycles. The second-order valence-electron chi connectivity index (χ2n) is 6.89. The van der Waals surface area contributed by atoms with Crippen LogP contribution in [0.2, 0.25) is 0 Å². The van der Waals surface area contributed by atoms with Gasteiger partial charge in [0.05, 0.1) is 32.7 Å². The van der Waals surface area contributed by atoms with Crippen molar-refractivity contribution in [2.24, 2.45) is 5.92 Å². The smallest absolute Gasteiger partial charge is 0.251 e. The molecule has 0 aromatic heterocycles. The first-order chi connectivity index (χ1) is 11.5. The van der Waals surface area contributed by atoms with Crippen molar-refractivity contribution in [3.05, 3.63) is 35.9 Å². The first-order valence-corrected chi connectivity index (χ1v) is 9.01. The van der Waals surface area contributed by atoms with E-state index in [-0.39, 0.29) is 17.7 Å². The van der Waals surface area contributed by atoms with Gasteiger partial charge in [-0.05, 0) is 24.5 Å². The number of amides is 2. The molecule has 2 amide bonds. The van der Waals surface area contributed by atoms with E-state index in [2.05, 4.69) is 12.2 Å². The average Bonchev–Trinajstić information content (AvgIpc) is 2.60. The molecule has 1 aromatic carbocycles. The van der Waals surface area contributed by atoms with E-state index in [9.17, 15) is 9.59 Å². The maximum absolute atomic E-state index is 12.9. The van der Waals surface area contributed by atoms with Crippen LogP contribution in [0.1, 0.15) is 37.6 Å². The zero-order valence-electron chi connectivity index (χ0n) is 15.0. The molecule has 132 valence electrons. The summed E-state index contributed by atoms with van der Waals surface area (Å²) in [5, 5.41) is 2.93. The summed E-state index contributed by atoms with van der Waals surface area (Å²) < 4.78 is 0. The fraction of sp³-hybridized carbons (Fsp3) is 0.579. The van der Waals surface area contributed by atoms with Crippen LogP contribution in [0.3, 0.4) is 0 Å². The predicted molar refractivity (Wildman–Crippen MR) is 95.0 cm³/mol. The number of rotatable bonds is 6. The molecule has 1 heterocycles. The summed E-state index contributed by atoms with van der Waals surface area (Å²) in [5.74, 6) is -0.0751. The molecule has 0 bridgehead atoms. The number of hydrogen-bond donors (Lipinski definition) is 2. The van der Waals surface area contributed by atoms with Crippen LogP contribution in [-0.2, 0) is 4.79 Å². The Hall–Kier alpha value is -1.88. The van der Waals surface area contributed by atoms with Crippen molar-refractivity contribution in [2.75, 3.05) is 32.7 Å². The molecule has 0 saturated carbocycles. The molecule has 0 spiro atoms. The van der Waals surface area contributed by atoms with Gasteiger partial charge in [0.15, 0.2) is 0 Å². The monoisotopic (exact) mass is 332 g/mol. The number of quaternary nitrogens is 1. The fourth-order valence-corrected chi connectivity index (χ4v) is 3.17. The van der Waals surface area contributed by atoms with Gasteiger partial charge < -0.3 is 15.1 Å². The fourth-order valence-electron chi connectivity index (χ4n) is 3.17. The van der Waals surface area contributed by atoms with E-state index < -0.39 is 6.04 Å². The number of nitrogens with one attached hydrogen (secondary N) is 2. The van der Waals surface area contributed by atoms with E-state index in [1.807, 2.05) is 36.9 Å². The Labute approximate surface area is 145 Å². The normalized spacial score (nSPS) is 16.9. The first-order valence-electron chi connectivity index (χ1n) is 9.01. The number of carbonyl (C=O) groups is 2. The molecule has 5 heteroatoms. The third-order valence-corrected chi connectivity index (χ3v) is 4.64. The summed E-state index contributed by atoms with van der Waals surface area (Å²) in [6.45, 7) is 10.9. The average molecular weight is 332 g/mol. The molecule has 2 rings (SSSR count). The van der Waals surface area contributed by atoms with Crippen LogP contribution in [0, 0.1) is 5.92 Å². The molecule has 1 saturated heterocycles. The number of hydrogen-bond acceptors (Lipinski definition) is 2. The maximum atomic E-state index is 12.9. The molecule has 0 unspecified atom stereocenters. The van der Waals surface area contributed by atoms with Gasteiger partial charge in [0.25, 0.3) is 5.91 Å². The lowest BCUT2D eigenvalue weighted by Gasteiger charge is -2.35. The summed E-state index contributed by atoms with van der Waals surface area (Å²) in [5.41, 5.74) is 0.591. The summed E-state index contributed by atoms with van der Waals surface area (Å²) in [4.78, 5) is 28.7. The van der Waals surface area contributed by atoms with Crippen LogP contribution < -0.4 is 10.2 Å². The molecular weight excluding hydrogens is 302 g/mol. The molecule has 0 aliphatic carbocycles. The lowest BCUT2D eigenvalue weighted by molar-refractivity contribution is -0.904. The molecule has 0 radical (unpaired) electrons. The van der Waals surface area contributed by atoms with Crippen LogP contribution in [-0.4, -0.2) is 55.5 Å². The first kappa shape index (κ1) is 18.5. The SMILES string of the molecule is CCC[NH+]1CCN(C(=O)[C@@H](NC(=O)c2ccccc2)C(C)C)CC1. The zero-order chi connectivity index (χ0) is 17.5. The van der Waals surface area contributed by atoms with Crippen LogP contribution in [0.15, 0.2) is 30.3 Å². The van der Waals surface area contributed by atoms with Gasteiger partial charge in [-0.1, -0.05) is 39.0 Å². The highest BCUT2D eigenvalue weighted by Crippen LogP contribution is 2.09. The Morgan fingerprint density at radius 2 is 1.79 bits per heavy atom. The van der Waals surface area contributed by atoms with Crippen molar-refractivity contribution in [3.63, 3.8) is 0 Å². The maximum Gasteiger partial charge on any atom is 0.251 e. The Morgan fingerprint density at radius 3 is 2.33 bits per heavy atom. The van der Waals surface area contributed by atoms with Gasteiger partial charge in [0, 0.05) is 5.56 Å². The number of carbonyl (C=O) groups excluding carboxylic acids is 2. The van der Waals surface area contributed by atoms with Gasteiger partial charge in [0.2, 0.25) is 5.91 Å². The van der Waals surface area contributed by atoms with Gasteiger partial charge in [-0.25, -0.2) is 0 Å². The molecule has 24 heavy (non-hydrogen) atoms. The van der Waals surface area contributed by atoms with Gasteiger partial charge in [0.1, 0.15) is 6.04 Å². The van der Waals surface area contributed by atoms with Gasteiger partial charge in [-0.15, -0.1) is 0 Å². The lowest BCUT2D eigenvalue weighted by atomic mass is 10.0. The van der Waals surface area contributed by atoms with Gasteiger partial charge in [-0.2, -0.15) is 0 Å². The van der Waals surface area contributed by atoms with Crippen LogP contribution in [0.4, 0.5) is 0 Å². The minimum Gasteiger partial charge on any atom is -0.340 e. The topological polar surface area (TPSA) is 53.9 Å². The van der Waals surface area contributed by atoms with Gasteiger partial charge in [-0.3, -0.25) is 9.59 Å². The zero-order valence-corrected chi connectivity index (χ0v) is 15.0. The van der Waals surface area contributed by atoms with Crippen LogP contribution in [0.25, 0.3) is 0 Å². The quantitative estimate of drug-likeness (QED) is 0.801. The summed E-state index contributed by atoms with van der Waals surface area (Å²) in [6.07, 6.45) is 1.17.